The maximum absolute atomic E-state index is 13.9. The third-order valence-corrected chi connectivity index (χ3v) is 14.1. The highest BCUT2D eigenvalue weighted by molar-refractivity contribution is 7.09. The Balaban J connectivity index is 3.14. The molecule has 0 spiro atoms. The molecule has 0 aromatic rings. The van der Waals surface area contributed by atoms with Gasteiger partial charge in [0, 0.05) is 30.8 Å². The zero-order chi connectivity index (χ0) is 51.6. The first-order valence-electron chi connectivity index (χ1n) is 27.9. The summed E-state index contributed by atoms with van der Waals surface area (Å²) in [5.41, 5.74) is 5.80. The van der Waals surface area contributed by atoms with Gasteiger partial charge in [-0.1, -0.05) is 194 Å². The van der Waals surface area contributed by atoms with Crippen LogP contribution in [0, 0.1) is 0 Å². The van der Waals surface area contributed by atoms with Crippen LogP contribution in [-0.4, -0.2) is 118 Å². The smallest absolute Gasteiger partial charge is 0.308 e. The Labute approximate surface area is 427 Å². The third kappa shape index (κ3) is 31.6. The Kier molecular flexibility index (Phi) is 42.0. The molecule has 0 radical (unpaired) electrons. The van der Waals surface area contributed by atoms with Crippen LogP contribution in [0.2, 0.25) is 0 Å². The number of ether oxygens (including phenoxy) is 6. The van der Waals surface area contributed by atoms with Gasteiger partial charge in [0.05, 0.1) is 50.8 Å². The van der Waals surface area contributed by atoms with Crippen molar-refractivity contribution in [3.05, 3.63) is 0 Å². The molecule has 1 aliphatic rings. The zero-order valence-electron chi connectivity index (χ0n) is 45.0. The summed E-state index contributed by atoms with van der Waals surface area (Å²) in [5, 5.41) is 16.2. The lowest BCUT2D eigenvalue weighted by Crippen LogP contribution is -2.66. The molecule has 0 saturated carbocycles. The minimum absolute atomic E-state index is 0.0113. The van der Waals surface area contributed by atoms with Crippen molar-refractivity contribution in [1.82, 2.24) is 10.6 Å². The first kappa shape index (κ1) is 66.0. The van der Waals surface area contributed by atoms with Crippen LogP contribution in [0.1, 0.15) is 233 Å². The van der Waals surface area contributed by atoms with Gasteiger partial charge in [-0.25, -0.2) is 0 Å². The fourth-order valence-corrected chi connectivity index (χ4v) is 9.62. The lowest BCUT2D eigenvalue weighted by molar-refractivity contribution is -0.269. The molecule has 1 rings (SSSR count). The van der Waals surface area contributed by atoms with Crippen LogP contribution in [0.3, 0.4) is 0 Å². The molecule has 0 bridgehead atoms. The molecule has 10 atom stereocenters. The van der Waals surface area contributed by atoms with Crippen molar-refractivity contribution in [2.45, 2.75) is 288 Å². The highest BCUT2D eigenvalue weighted by Crippen LogP contribution is 2.30. The highest BCUT2D eigenvalue weighted by atomic mass is 31.0. The van der Waals surface area contributed by atoms with E-state index in [1.165, 1.54) is 116 Å². The van der Waals surface area contributed by atoms with Crippen LogP contribution in [-0.2, 0) is 52.1 Å². The molecule has 1 heterocycles. The number of nitrogens with two attached hydrogens (primary N) is 1. The molecule has 0 aromatic heterocycles. The van der Waals surface area contributed by atoms with Crippen molar-refractivity contribution in [2.75, 3.05) is 34.5 Å². The number of nitrogens with one attached hydrogen (secondary N) is 2. The average molecular weight is 1020 g/mol. The van der Waals surface area contributed by atoms with Crippen molar-refractivity contribution in [3.63, 3.8) is 0 Å². The largest absolute Gasteiger partial charge is 0.457 e. The van der Waals surface area contributed by atoms with Crippen LogP contribution < -0.4 is 16.4 Å². The van der Waals surface area contributed by atoms with Crippen LogP contribution in [0.15, 0.2) is 0 Å². The minimum atomic E-state index is -1.37. The van der Waals surface area contributed by atoms with E-state index in [1.807, 2.05) is 0 Å². The molecule has 5 N–H and O–H groups in total. The van der Waals surface area contributed by atoms with Gasteiger partial charge < -0.3 is 54.4 Å². The summed E-state index contributed by atoms with van der Waals surface area (Å²) in [6.07, 6.45) is 28.0. The van der Waals surface area contributed by atoms with Crippen molar-refractivity contribution in [1.29, 1.82) is 0 Å². The van der Waals surface area contributed by atoms with Gasteiger partial charge in [-0.2, -0.15) is 0 Å². The molecular weight excluding hydrogens is 914 g/mol. The van der Waals surface area contributed by atoms with Crippen LogP contribution in [0.5, 0.6) is 0 Å². The molecule has 15 nitrogen and oxygen atoms in total. The molecule has 1 saturated heterocycles. The Hall–Kier alpha value is -1.97. The number of unbranched alkanes of at least 4 members (excludes halogenated alkanes) is 24. The number of aliphatic hydroxyl groups excluding tert-OH is 1. The van der Waals surface area contributed by atoms with Crippen LogP contribution in [0.25, 0.3) is 0 Å². The number of methoxy groups -OCH3 is 3. The molecule has 0 aliphatic carbocycles. The molecular formula is C54H104N3O12P. The van der Waals surface area contributed by atoms with Crippen molar-refractivity contribution >= 4 is 33.2 Å². The zero-order valence-corrected chi connectivity index (χ0v) is 46.2. The lowest BCUT2D eigenvalue weighted by Gasteiger charge is -2.45. The number of carbonyl (C=O) groups is 4. The molecule has 412 valence electrons. The fraction of sp³-hybridized carbons (Fsp3) is 0.926. The molecule has 1 aliphatic heterocycles. The highest BCUT2D eigenvalue weighted by Gasteiger charge is 2.50. The van der Waals surface area contributed by atoms with E-state index in [0.29, 0.717) is 19.3 Å². The van der Waals surface area contributed by atoms with E-state index in [4.69, 9.17) is 38.7 Å². The van der Waals surface area contributed by atoms with Gasteiger partial charge >= 0.3 is 5.97 Å². The van der Waals surface area contributed by atoms with Crippen LogP contribution in [0.4, 0.5) is 0 Å². The maximum atomic E-state index is 13.9. The van der Waals surface area contributed by atoms with Crippen LogP contribution >= 0.6 is 9.47 Å². The minimum Gasteiger partial charge on any atom is -0.457 e. The van der Waals surface area contributed by atoms with E-state index in [9.17, 15) is 24.3 Å². The second kappa shape index (κ2) is 44.5. The number of primary amides is 1. The van der Waals surface area contributed by atoms with Crippen molar-refractivity contribution < 1.29 is 57.2 Å². The molecule has 16 heteroatoms. The van der Waals surface area contributed by atoms with Gasteiger partial charge in [-0.05, 0) is 19.3 Å². The summed E-state index contributed by atoms with van der Waals surface area (Å²) in [4.78, 5) is 53.8. The summed E-state index contributed by atoms with van der Waals surface area (Å²) in [7, 11) is 6.87. The van der Waals surface area contributed by atoms with Gasteiger partial charge in [-0.3, -0.25) is 19.2 Å². The number of amides is 3. The summed E-state index contributed by atoms with van der Waals surface area (Å²) in [6, 6.07) is -2.45. The summed E-state index contributed by atoms with van der Waals surface area (Å²) in [6.45, 7) is 5.67. The SMILES string of the molecule is CCCCCCCCCCCC(CC(=O)NC(CO[C@@H]1OC(CO)[C@@H](OP)C(OC(=O)CC(CCCCCCCCCCC)OC)C1NC(=O)CC(CCCCCCCCCCC)OC)C(N)=O)OC. The molecule has 70 heavy (non-hydrogen) atoms. The topological polar surface area (TPSA) is 203 Å². The van der Waals surface area contributed by atoms with Gasteiger partial charge in [-0.15, -0.1) is 0 Å². The van der Waals surface area contributed by atoms with Crippen molar-refractivity contribution in [3.8, 4) is 0 Å². The van der Waals surface area contributed by atoms with E-state index >= 15 is 0 Å². The lowest BCUT2D eigenvalue weighted by atomic mass is 9.95. The summed E-state index contributed by atoms with van der Waals surface area (Å²) < 4.78 is 41.4. The number of esters is 1. The van der Waals surface area contributed by atoms with Gasteiger partial charge in [0.15, 0.2) is 12.4 Å². The quantitative estimate of drug-likeness (QED) is 0.0256. The normalized spacial score (nSPS) is 19.9. The van der Waals surface area contributed by atoms with E-state index in [-0.39, 0.29) is 31.5 Å². The molecule has 0 aromatic carbocycles. The Bertz CT molecular complexity index is 1300. The van der Waals surface area contributed by atoms with Gasteiger partial charge in [0.1, 0.15) is 24.3 Å². The summed E-state index contributed by atoms with van der Waals surface area (Å²) in [5.74, 6) is -2.28. The number of rotatable bonds is 48. The Morgan fingerprint density at radius 2 is 0.957 bits per heavy atom. The second-order valence-electron chi connectivity index (χ2n) is 19.8. The summed E-state index contributed by atoms with van der Waals surface area (Å²) >= 11 is 0. The first-order chi connectivity index (χ1) is 34.0. The van der Waals surface area contributed by atoms with Crippen molar-refractivity contribution in [2.24, 2.45) is 5.73 Å². The second-order valence-corrected chi connectivity index (χ2v) is 20.0. The number of hydrogen-bond donors (Lipinski definition) is 4. The fourth-order valence-electron chi connectivity index (χ4n) is 9.29. The van der Waals surface area contributed by atoms with E-state index in [1.54, 1.807) is 21.3 Å². The number of hydrogen-bond acceptors (Lipinski definition) is 12. The molecule has 8 unspecified atom stereocenters. The Morgan fingerprint density at radius 3 is 1.33 bits per heavy atom. The van der Waals surface area contributed by atoms with Gasteiger partial charge in [0.2, 0.25) is 17.7 Å². The standard InChI is InChI=1S/C54H104N3O12P/c1-7-10-13-16-19-22-25-28-31-34-42(63-4)37-47(59)56-45(53(55)62)41-66-54-50(57-48(60)38-43(64-5)35-32-29-26-23-20-17-14-11-8-2)52(51(69-70)46(40-58)67-54)68-49(61)39-44(65-6)36-33-30-27-24-21-18-15-12-9-3/h42-46,50-52,54,58H,7-41,70H2,1-6H3,(H2,55,62)(H,56,59)(H,57,60)/t42?,43?,44?,45?,46?,50?,51-,52?,54-/m1/s1. The Morgan fingerprint density at radius 1 is 0.571 bits per heavy atom. The number of carbonyl (C=O) groups excluding carboxylic acids is 4. The first-order valence-corrected chi connectivity index (χ1v) is 28.4. The predicted octanol–water partition coefficient (Wildman–Crippen LogP) is 10.2. The molecule has 1 fully saturated rings. The average Bonchev–Trinajstić information content (AvgIpc) is 3.35. The van der Waals surface area contributed by atoms with E-state index < -0.39 is 79.7 Å². The number of aliphatic hydroxyl groups is 1. The maximum Gasteiger partial charge on any atom is 0.308 e. The van der Waals surface area contributed by atoms with E-state index in [2.05, 4.69) is 40.9 Å². The van der Waals surface area contributed by atoms with Gasteiger partial charge in [0.25, 0.3) is 0 Å². The third-order valence-electron chi connectivity index (χ3n) is 13.8. The van der Waals surface area contributed by atoms with E-state index in [0.717, 1.165) is 57.8 Å². The predicted molar refractivity (Wildman–Crippen MR) is 281 cm³/mol. The monoisotopic (exact) mass is 1020 g/mol. The molecule has 3 amide bonds.